The van der Waals surface area contributed by atoms with E-state index in [1.165, 1.54) is 11.3 Å². The van der Waals surface area contributed by atoms with Crippen molar-refractivity contribution in [3.63, 3.8) is 0 Å². The van der Waals surface area contributed by atoms with Gasteiger partial charge in [0.05, 0.1) is 11.4 Å². The van der Waals surface area contributed by atoms with Crippen LogP contribution in [-0.4, -0.2) is 19.2 Å². The summed E-state index contributed by atoms with van der Waals surface area (Å²) in [4.78, 5) is 4.13. The molecule has 1 aromatic rings. The van der Waals surface area contributed by atoms with Crippen molar-refractivity contribution < 1.29 is 8.42 Å². The number of nitrogens with one attached hydrogen (secondary N) is 1. The molecule has 0 saturated heterocycles. The number of hydrogen-bond donors (Lipinski definition) is 2. The largest absolute Gasteiger partial charge is 0.323 e. The minimum absolute atomic E-state index is 0.123. The van der Waals surface area contributed by atoms with Crippen molar-refractivity contribution in [1.82, 2.24) is 4.98 Å². The van der Waals surface area contributed by atoms with Gasteiger partial charge in [0.15, 0.2) is 5.13 Å². The van der Waals surface area contributed by atoms with Crippen LogP contribution in [0, 0.1) is 5.92 Å². The monoisotopic (exact) mass is 277 g/mol. The van der Waals surface area contributed by atoms with Gasteiger partial charge in [0.1, 0.15) is 0 Å². The molecule has 1 aromatic heterocycles. The van der Waals surface area contributed by atoms with Crippen LogP contribution < -0.4 is 10.5 Å². The van der Waals surface area contributed by atoms with Gasteiger partial charge in [-0.05, 0) is 19.3 Å². The Kier molecular flexibility index (Phi) is 4.91. The van der Waals surface area contributed by atoms with E-state index >= 15 is 0 Å². The molecule has 0 radical (unpaired) electrons. The van der Waals surface area contributed by atoms with Gasteiger partial charge < -0.3 is 5.73 Å². The molecular formula is C10H19N3O2S2. The first-order valence-electron chi connectivity index (χ1n) is 5.51. The molecule has 1 rings (SSSR count). The van der Waals surface area contributed by atoms with E-state index in [-0.39, 0.29) is 11.8 Å². The third kappa shape index (κ3) is 5.01. The molecule has 0 aliphatic carbocycles. The fourth-order valence-electron chi connectivity index (χ4n) is 1.12. The summed E-state index contributed by atoms with van der Waals surface area (Å²) in [6, 6.07) is -0.180. The van der Waals surface area contributed by atoms with Crippen molar-refractivity contribution in [3.05, 3.63) is 11.1 Å². The molecular weight excluding hydrogens is 258 g/mol. The molecule has 1 unspecified atom stereocenters. The topological polar surface area (TPSA) is 85.1 Å². The van der Waals surface area contributed by atoms with E-state index in [1.807, 2.05) is 20.8 Å². The van der Waals surface area contributed by atoms with Gasteiger partial charge in [-0.2, -0.15) is 0 Å². The highest BCUT2D eigenvalue weighted by Gasteiger charge is 2.14. The van der Waals surface area contributed by atoms with E-state index < -0.39 is 10.0 Å². The molecule has 3 N–H and O–H groups in total. The van der Waals surface area contributed by atoms with Gasteiger partial charge in [-0.25, -0.2) is 13.4 Å². The third-order valence-electron chi connectivity index (χ3n) is 2.20. The van der Waals surface area contributed by atoms with Gasteiger partial charge in [-0.3, -0.25) is 4.72 Å². The Balaban J connectivity index is 2.63. The number of nitrogens with two attached hydrogens (primary N) is 1. The lowest BCUT2D eigenvalue weighted by Crippen LogP contribution is -2.18. The number of aromatic nitrogens is 1. The average Bonchev–Trinajstić information content (AvgIpc) is 2.63. The van der Waals surface area contributed by atoms with Gasteiger partial charge in [0.2, 0.25) is 10.0 Å². The fourth-order valence-corrected chi connectivity index (χ4v) is 3.54. The van der Waals surface area contributed by atoms with Crippen LogP contribution >= 0.6 is 11.3 Å². The molecule has 0 saturated carbocycles. The molecule has 7 heteroatoms. The normalized spacial score (nSPS) is 13.9. The zero-order valence-corrected chi connectivity index (χ0v) is 11.9. The molecule has 0 fully saturated rings. The summed E-state index contributed by atoms with van der Waals surface area (Å²) in [6.45, 7) is 5.80. The standard InChI is InChI=1S/C10H19N3O2S2/c1-7(2)4-5-17(14,15)13-10-12-9(6-16-10)8(3)11/h6-8H,4-5,11H2,1-3H3,(H,12,13). The van der Waals surface area contributed by atoms with Crippen molar-refractivity contribution in [2.24, 2.45) is 11.7 Å². The van der Waals surface area contributed by atoms with Gasteiger partial charge in [0.25, 0.3) is 0 Å². The molecule has 0 spiro atoms. The van der Waals surface area contributed by atoms with E-state index in [9.17, 15) is 8.42 Å². The summed E-state index contributed by atoms with van der Waals surface area (Å²) in [6.07, 6.45) is 0.640. The van der Waals surface area contributed by atoms with Crippen LogP contribution in [-0.2, 0) is 10.0 Å². The number of nitrogens with zero attached hydrogens (tertiary/aromatic N) is 1. The first-order chi connectivity index (χ1) is 7.80. The average molecular weight is 277 g/mol. The van der Waals surface area contributed by atoms with E-state index in [0.29, 0.717) is 23.2 Å². The second kappa shape index (κ2) is 5.79. The Hall–Kier alpha value is -0.660. The molecule has 5 nitrogen and oxygen atoms in total. The van der Waals surface area contributed by atoms with Crippen molar-refractivity contribution in [1.29, 1.82) is 0 Å². The Bertz CT molecular complexity index is 452. The first kappa shape index (κ1) is 14.4. The van der Waals surface area contributed by atoms with Crippen LogP contribution in [0.3, 0.4) is 0 Å². The smallest absolute Gasteiger partial charge is 0.234 e. The number of sulfonamides is 1. The van der Waals surface area contributed by atoms with Crippen LogP contribution in [0.25, 0.3) is 0 Å². The number of anilines is 1. The predicted octanol–water partition coefficient (Wildman–Crippen LogP) is 1.95. The summed E-state index contributed by atoms with van der Waals surface area (Å²) in [5.74, 6) is 0.486. The van der Waals surface area contributed by atoms with Crippen molar-refractivity contribution in [2.45, 2.75) is 33.2 Å². The lowest BCUT2D eigenvalue weighted by atomic mass is 10.2. The van der Waals surface area contributed by atoms with Crippen molar-refractivity contribution in [3.8, 4) is 0 Å². The number of hydrogen-bond acceptors (Lipinski definition) is 5. The first-order valence-corrected chi connectivity index (χ1v) is 8.05. The molecule has 0 bridgehead atoms. The summed E-state index contributed by atoms with van der Waals surface area (Å²) >= 11 is 1.26. The maximum absolute atomic E-state index is 11.7. The second-order valence-electron chi connectivity index (χ2n) is 4.47. The Labute approximate surface area is 106 Å². The molecule has 0 aliphatic heterocycles. The molecule has 0 amide bonds. The van der Waals surface area contributed by atoms with Crippen LogP contribution in [0.2, 0.25) is 0 Å². The molecule has 17 heavy (non-hydrogen) atoms. The molecule has 1 heterocycles. The summed E-state index contributed by atoms with van der Waals surface area (Å²) in [5.41, 5.74) is 6.36. The zero-order valence-electron chi connectivity index (χ0n) is 10.3. The highest BCUT2D eigenvalue weighted by atomic mass is 32.2. The Morgan fingerprint density at radius 2 is 2.12 bits per heavy atom. The van der Waals surface area contributed by atoms with Gasteiger partial charge in [0, 0.05) is 11.4 Å². The summed E-state index contributed by atoms with van der Waals surface area (Å²) in [5, 5.41) is 2.16. The van der Waals surface area contributed by atoms with Crippen LogP contribution in [0.4, 0.5) is 5.13 Å². The Morgan fingerprint density at radius 1 is 1.47 bits per heavy atom. The molecule has 0 aromatic carbocycles. The van der Waals surface area contributed by atoms with Crippen molar-refractivity contribution >= 4 is 26.5 Å². The van der Waals surface area contributed by atoms with E-state index in [1.54, 1.807) is 5.38 Å². The maximum atomic E-state index is 11.7. The minimum Gasteiger partial charge on any atom is -0.323 e. The van der Waals surface area contributed by atoms with Crippen LogP contribution in [0.5, 0.6) is 0 Å². The minimum atomic E-state index is -3.28. The lowest BCUT2D eigenvalue weighted by Gasteiger charge is -2.06. The highest BCUT2D eigenvalue weighted by Crippen LogP contribution is 2.20. The van der Waals surface area contributed by atoms with Gasteiger partial charge in [-0.1, -0.05) is 13.8 Å². The maximum Gasteiger partial charge on any atom is 0.234 e. The quantitative estimate of drug-likeness (QED) is 0.832. The number of thiazole rings is 1. The van der Waals surface area contributed by atoms with E-state index in [0.717, 1.165) is 0 Å². The molecule has 98 valence electrons. The summed E-state index contributed by atoms with van der Waals surface area (Å²) < 4.78 is 25.9. The van der Waals surface area contributed by atoms with Crippen molar-refractivity contribution in [2.75, 3.05) is 10.5 Å². The lowest BCUT2D eigenvalue weighted by molar-refractivity contribution is 0.578. The third-order valence-corrected chi connectivity index (χ3v) is 4.38. The summed E-state index contributed by atoms with van der Waals surface area (Å²) in [7, 11) is -3.28. The highest BCUT2D eigenvalue weighted by molar-refractivity contribution is 7.92. The molecule has 1 atom stereocenters. The van der Waals surface area contributed by atoms with Gasteiger partial charge in [-0.15, -0.1) is 11.3 Å². The fraction of sp³-hybridized carbons (Fsp3) is 0.700. The zero-order chi connectivity index (χ0) is 13.1. The predicted molar refractivity (Wildman–Crippen MR) is 71.6 cm³/mol. The number of rotatable bonds is 6. The Morgan fingerprint density at radius 3 is 2.59 bits per heavy atom. The van der Waals surface area contributed by atoms with Gasteiger partial charge >= 0.3 is 0 Å². The van der Waals surface area contributed by atoms with Crippen LogP contribution in [0.1, 0.15) is 38.9 Å². The van der Waals surface area contributed by atoms with Crippen LogP contribution in [0.15, 0.2) is 5.38 Å². The molecule has 0 aliphatic rings. The SMILES string of the molecule is CC(C)CCS(=O)(=O)Nc1nc(C(C)N)cs1. The van der Waals surface area contributed by atoms with E-state index in [4.69, 9.17) is 5.73 Å². The second-order valence-corrected chi connectivity index (χ2v) is 7.17. The van der Waals surface area contributed by atoms with E-state index in [2.05, 4.69) is 9.71 Å².